The molecule has 0 radical (unpaired) electrons. The van der Waals surface area contributed by atoms with Crippen LogP contribution in [0.2, 0.25) is 0 Å². The Labute approximate surface area is 156 Å². The van der Waals surface area contributed by atoms with Crippen LogP contribution in [0.4, 0.5) is 5.69 Å². The minimum Gasteiger partial charge on any atom is -0.452 e. The molecular formula is C20H23NO4S. The van der Waals surface area contributed by atoms with E-state index in [2.05, 4.69) is 19.2 Å². The van der Waals surface area contributed by atoms with Crippen molar-refractivity contribution in [1.29, 1.82) is 0 Å². The second-order valence-corrected chi connectivity index (χ2v) is 7.35. The fourth-order valence-corrected chi connectivity index (χ4v) is 3.15. The van der Waals surface area contributed by atoms with Crippen LogP contribution in [0.3, 0.4) is 0 Å². The van der Waals surface area contributed by atoms with Gasteiger partial charge in [-0.05, 0) is 42.2 Å². The first-order valence-electron chi connectivity index (χ1n) is 8.41. The molecule has 0 aliphatic carbocycles. The molecule has 0 unspecified atom stereocenters. The summed E-state index contributed by atoms with van der Waals surface area (Å²) in [5.74, 6) is -0.632. The van der Waals surface area contributed by atoms with E-state index in [0.29, 0.717) is 16.5 Å². The molecule has 2 rings (SSSR count). The molecular weight excluding hydrogens is 350 g/mol. The third-order valence-electron chi connectivity index (χ3n) is 4.13. The molecule has 0 fully saturated rings. The standard InChI is InChI=1S/C20H23NO4S/c1-4-14(2)15-9-11-16(12-10-15)21-19(22)13-25-20(23)17-7-5-6-8-18(17)26(3)24/h5-12,14H,4,13H2,1-3H3,(H,21,22)/t14-,26-/m1/s1. The van der Waals surface area contributed by atoms with Crippen molar-refractivity contribution < 1.29 is 18.5 Å². The molecule has 2 atom stereocenters. The lowest BCUT2D eigenvalue weighted by Gasteiger charge is -2.11. The molecule has 0 aliphatic rings. The van der Waals surface area contributed by atoms with Gasteiger partial charge in [-0.2, -0.15) is 0 Å². The highest BCUT2D eigenvalue weighted by molar-refractivity contribution is 7.84. The van der Waals surface area contributed by atoms with Gasteiger partial charge in [0.25, 0.3) is 5.91 Å². The van der Waals surface area contributed by atoms with Crippen molar-refractivity contribution in [3.63, 3.8) is 0 Å². The smallest absolute Gasteiger partial charge is 0.339 e. The zero-order valence-corrected chi connectivity index (χ0v) is 16.0. The fourth-order valence-electron chi connectivity index (χ4n) is 2.42. The van der Waals surface area contributed by atoms with Crippen LogP contribution in [0.25, 0.3) is 0 Å². The van der Waals surface area contributed by atoms with Gasteiger partial charge in [0, 0.05) is 11.9 Å². The predicted molar refractivity (Wildman–Crippen MR) is 103 cm³/mol. The second-order valence-electron chi connectivity index (χ2n) is 6.01. The molecule has 1 amide bonds. The summed E-state index contributed by atoms with van der Waals surface area (Å²) in [6.45, 7) is 3.87. The summed E-state index contributed by atoms with van der Waals surface area (Å²) in [5.41, 5.74) is 2.06. The summed E-state index contributed by atoms with van der Waals surface area (Å²) >= 11 is 0. The lowest BCUT2D eigenvalue weighted by molar-refractivity contribution is -0.119. The first-order valence-corrected chi connectivity index (χ1v) is 9.97. The van der Waals surface area contributed by atoms with Gasteiger partial charge in [-0.3, -0.25) is 9.00 Å². The van der Waals surface area contributed by atoms with Crippen LogP contribution in [0.5, 0.6) is 0 Å². The Hall–Kier alpha value is -2.47. The van der Waals surface area contributed by atoms with Crippen molar-refractivity contribution in [3.8, 4) is 0 Å². The van der Waals surface area contributed by atoms with Crippen LogP contribution >= 0.6 is 0 Å². The molecule has 0 heterocycles. The molecule has 0 spiro atoms. The summed E-state index contributed by atoms with van der Waals surface area (Å²) < 4.78 is 16.7. The van der Waals surface area contributed by atoms with Gasteiger partial charge in [0.15, 0.2) is 6.61 Å². The number of esters is 1. The highest BCUT2D eigenvalue weighted by Gasteiger charge is 2.16. The van der Waals surface area contributed by atoms with Crippen LogP contribution in [0, 0.1) is 0 Å². The van der Waals surface area contributed by atoms with E-state index in [-0.39, 0.29) is 5.56 Å². The van der Waals surface area contributed by atoms with Crippen molar-refractivity contribution in [2.24, 2.45) is 0 Å². The zero-order valence-electron chi connectivity index (χ0n) is 15.2. The third-order valence-corrected chi connectivity index (χ3v) is 5.10. The van der Waals surface area contributed by atoms with E-state index in [1.165, 1.54) is 17.9 Å². The molecule has 138 valence electrons. The number of rotatable bonds is 7. The van der Waals surface area contributed by atoms with E-state index in [9.17, 15) is 13.8 Å². The van der Waals surface area contributed by atoms with E-state index in [0.717, 1.165) is 6.42 Å². The van der Waals surface area contributed by atoms with E-state index in [1.54, 1.807) is 18.2 Å². The molecule has 1 N–H and O–H groups in total. The Kier molecular flexibility index (Phi) is 7.09. The normalized spacial score (nSPS) is 12.9. The molecule has 26 heavy (non-hydrogen) atoms. The molecule has 0 bridgehead atoms. The molecule has 6 heteroatoms. The number of amides is 1. The maximum absolute atomic E-state index is 12.1. The maximum Gasteiger partial charge on any atom is 0.339 e. The van der Waals surface area contributed by atoms with Crippen LogP contribution in [0.1, 0.15) is 42.1 Å². The van der Waals surface area contributed by atoms with Crippen molar-refractivity contribution in [3.05, 3.63) is 59.7 Å². The number of anilines is 1. The summed E-state index contributed by atoms with van der Waals surface area (Å²) in [6.07, 6.45) is 2.54. The fraction of sp³-hybridized carbons (Fsp3) is 0.300. The number of carbonyl (C=O) groups is 2. The number of nitrogens with one attached hydrogen (secondary N) is 1. The lowest BCUT2D eigenvalue weighted by atomic mass is 9.99. The van der Waals surface area contributed by atoms with Crippen molar-refractivity contribution in [1.82, 2.24) is 0 Å². The Morgan fingerprint density at radius 3 is 2.38 bits per heavy atom. The average Bonchev–Trinajstić information content (AvgIpc) is 2.66. The van der Waals surface area contributed by atoms with Crippen LogP contribution < -0.4 is 5.32 Å². The van der Waals surface area contributed by atoms with Gasteiger partial charge in [-0.1, -0.05) is 38.1 Å². The first kappa shape index (κ1) is 19.8. The number of carbonyl (C=O) groups excluding carboxylic acids is 2. The van der Waals surface area contributed by atoms with Gasteiger partial charge in [0.1, 0.15) is 0 Å². The van der Waals surface area contributed by atoms with E-state index in [4.69, 9.17) is 4.74 Å². The van der Waals surface area contributed by atoms with E-state index >= 15 is 0 Å². The number of hydrogen-bond acceptors (Lipinski definition) is 4. The molecule has 5 nitrogen and oxygen atoms in total. The lowest BCUT2D eigenvalue weighted by Crippen LogP contribution is -2.21. The SMILES string of the molecule is CC[C@@H](C)c1ccc(NC(=O)COC(=O)c2ccccc2[S@@](C)=O)cc1. The molecule has 0 aliphatic heterocycles. The number of hydrogen-bond donors (Lipinski definition) is 1. The van der Waals surface area contributed by atoms with Gasteiger partial charge < -0.3 is 10.1 Å². The number of ether oxygens (including phenoxy) is 1. The predicted octanol–water partition coefficient (Wildman–Crippen LogP) is 3.73. The van der Waals surface area contributed by atoms with Crippen molar-refractivity contribution in [2.75, 3.05) is 18.2 Å². The monoisotopic (exact) mass is 373 g/mol. The average molecular weight is 373 g/mol. The Morgan fingerprint density at radius 2 is 1.77 bits per heavy atom. The van der Waals surface area contributed by atoms with Gasteiger partial charge in [0.2, 0.25) is 0 Å². The topological polar surface area (TPSA) is 72.5 Å². The molecule has 0 saturated heterocycles. The quantitative estimate of drug-likeness (QED) is 0.751. The highest BCUT2D eigenvalue weighted by Crippen LogP contribution is 2.20. The summed E-state index contributed by atoms with van der Waals surface area (Å²) in [6, 6.07) is 14.1. The van der Waals surface area contributed by atoms with Gasteiger partial charge in [0.05, 0.1) is 21.3 Å². The minimum absolute atomic E-state index is 0.207. The van der Waals surface area contributed by atoms with Crippen molar-refractivity contribution >= 4 is 28.4 Å². The van der Waals surface area contributed by atoms with Gasteiger partial charge >= 0.3 is 5.97 Å². The Bertz CT molecular complexity index is 802. The molecule has 0 saturated carbocycles. The third kappa shape index (κ3) is 5.26. The first-order chi connectivity index (χ1) is 12.4. The van der Waals surface area contributed by atoms with Crippen LogP contribution in [-0.4, -0.2) is 28.9 Å². The molecule has 2 aromatic rings. The van der Waals surface area contributed by atoms with Gasteiger partial charge in [-0.15, -0.1) is 0 Å². The summed E-state index contributed by atoms with van der Waals surface area (Å²) in [5, 5.41) is 2.69. The minimum atomic E-state index is -1.32. The van der Waals surface area contributed by atoms with Crippen molar-refractivity contribution in [2.45, 2.75) is 31.1 Å². The van der Waals surface area contributed by atoms with Crippen LogP contribution in [0.15, 0.2) is 53.4 Å². The largest absolute Gasteiger partial charge is 0.452 e. The summed E-state index contributed by atoms with van der Waals surface area (Å²) in [4.78, 5) is 24.5. The van der Waals surface area contributed by atoms with E-state index in [1.807, 2.05) is 24.3 Å². The summed E-state index contributed by atoms with van der Waals surface area (Å²) in [7, 11) is -1.32. The Morgan fingerprint density at radius 1 is 1.12 bits per heavy atom. The molecule has 0 aromatic heterocycles. The Balaban J connectivity index is 1.93. The maximum atomic E-state index is 12.1. The highest BCUT2D eigenvalue weighted by atomic mass is 32.2. The van der Waals surface area contributed by atoms with Crippen LogP contribution in [-0.2, 0) is 20.3 Å². The number of benzene rings is 2. The zero-order chi connectivity index (χ0) is 19.1. The second kappa shape index (κ2) is 9.29. The van der Waals surface area contributed by atoms with E-state index < -0.39 is 29.3 Å². The molecule has 2 aromatic carbocycles. The van der Waals surface area contributed by atoms with Gasteiger partial charge in [-0.25, -0.2) is 4.79 Å².